The van der Waals surface area contributed by atoms with E-state index in [2.05, 4.69) is 27.0 Å². The molecule has 1 aromatic rings. The van der Waals surface area contributed by atoms with Gasteiger partial charge < -0.3 is 19.5 Å². The van der Waals surface area contributed by atoms with E-state index in [9.17, 15) is 4.79 Å². The molecule has 2 aliphatic heterocycles. The van der Waals surface area contributed by atoms with Crippen LogP contribution < -0.4 is 5.32 Å². The van der Waals surface area contributed by atoms with Gasteiger partial charge in [0.15, 0.2) is 11.7 Å². The molecule has 1 aromatic heterocycles. The highest BCUT2D eigenvalue weighted by Gasteiger charge is 2.26. The van der Waals surface area contributed by atoms with E-state index in [1.807, 2.05) is 11.9 Å². The maximum atomic E-state index is 12.4. The monoisotopic (exact) mass is 489 g/mol. The van der Waals surface area contributed by atoms with E-state index in [0.717, 1.165) is 32.1 Å². The van der Waals surface area contributed by atoms with Gasteiger partial charge in [-0.1, -0.05) is 13.3 Å². The van der Waals surface area contributed by atoms with Crippen LogP contribution in [0.5, 0.6) is 0 Å². The van der Waals surface area contributed by atoms with E-state index < -0.39 is 0 Å². The van der Waals surface area contributed by atoms with Crippen LogP contribution in [0.2, 0.25) is 0 Å². The molecular weight excluding hydrogens is 457 g/mol. The first kappa shape index (κ1) is 22.0. The minimum absolute atomic E-state index is 0. The first-order valence-electron chi connectivity index (χ1n) is 9.75. The fraction of sp³-hybridized carbons (Fsp3) is 0.684. The topological polar surface area (TPSA) is 64.3 Å². The van der Waals surface area contributed by atoms with Crippen molar-refractivity contribution in [2.75, 3.05) is 52.9 Å². The third-order valence-electron chi connectivity index (χ3n) is 5.46. The molecule has 27 heavy (non-hydrogen) atoms. The second kappa shape index (κ2) is 10.9. The molecule has 2 fully saturated rings. The Morgan fingerprint density at radius 3 is 2.59 bits per heavy atom. The standard InChI is InChI=1S/C19H31N5O2.HI/c1-3-22-9-5-4-7-16(22)15-21-19(20-2)24-12-10-23(11-13-24)18(25)17-8-6-14-26-17;/h6,8,14,16H,3-5,7,9-13,15H2,1-2H3,(H,20,21);1H. The zero-order valence-electron chi connectivity index (χ0n) is 16.4. The van der Waals surface area contributed by atoms with Crippen LogP contribution in [0, 0.1) is 0 Å². The molecule has 0 aromatic carbocycles. The SMILES string of the molecule is CCN1CCCCC1CNC(=NC)N1CCN(C(=O)c2ccco2)CC1.I. The number of hydrogen-bond donors (Lipinski definition) is 1. The number of likely N-dealkylation sites (tertiary alicyclic amines) is 1. The number of piperazine rings is 1. The lowest BCUT2D eigenvalue weighted by molar-refractivity contribution is 0.0657. The van der Waals surface area contributed by atoms with Gasteiger partial charge in [-0.2, -0.15) is 0 Å². The molecule has 0 aliphatic carbocycles. The maximum absolute atomic E-state index is 12.4. The summed E-state index contributed by atoms with van der Waals surface area (Å²) in [6.45, 7) is 8.43. The van der Waals surface area contributed by atoms with Gasteiger partial charge in [-0.15, -0.1) is 24.0 Å². The molecule has 0 saturated carbocycles. The predicted octanol–water partition coefficient (Wildman–Crippen LogP) is 2.11. The second-order valence-corrected chi connectivity index (χ2v) is 6.96. The number of likely N-dealkylation sites (N-methyl/N-ethyl adjacent to an activating group) is 1. The molecule has 2 saturated heterocycles. The van der Waals surface area contributed by atoms with Crippen molar-refractivity contribution < 1.29 is 9.21 Å². The Morgan fingerprint density at radius 1 is 1.22 bits per heavy atom. The summed E-state index contributed by atoms with van der Waals surface area (Å²) in [5.41, 5.74) is 0. The number of furan rings is 1. The lowest BCUT2D eigenvalue weighted by atomic mass is 10.0. The summed E-state index contributed by atoms with van der Waals surface area (Å²) in [5.74, 6) is 1.33. The molecule has 1 N–H and O–H groups in total. The number of amides is 1. The number of hydrogen-bond acceptors (Lipinski definition) is 4. The van der Waals surface area contributed by atoms with Crippen molar-refractivity contribution in [1.29, 1.82) is 0 Å². The van der Waals surface area contributed by atoms with E-state index in [4.69, 9.17) is 4.42 Å². The van der Waals surface area contributed by atoms with Crippen molar-refractivity contribution >= 4 is 35.8 Å². The molecule has 7 nitrogen and oxygen atoms in total. The summed E-state index contributed by atoms with van der Waals surface area (Å²) in [6, 6.07) is 4.06. The zero-order valence-corrected chi connectivity index (χ0v) is 18.7. The molecule has 0 spiro atoms. The zero-order chi connectivity index (χ0) is 18.4. The van der Waals surface area contributed by atoms with Gasteiger partial charge in [-0.25, -0.2) is 0 Å². The molecule has 3 rings (SSSR count). The van der Waals surface area contributed by atoms with E-state index in [0.29, 0.717) is 24.9 Å². The van der Waals surface area contributed by atoms with Crippen LogP contribution in [-0.4, -0.2) is 85.5 Å². The number of nitrogens with zero attached hydrogens (tertiary/aromatic N) is 4. The van der Waals surface area contributed by atoms with Gasteiger partial charge in [0, 0.05) is 45.8 Å². The Labute approximate surface area is 179 Å². The second-order valence-electron chi connectivity index (χ2n) is 6.96. The normalized spacial score (nSPS) is 21.7. The first-order valence-corrected chi connectivity index (χ1v) is 9.75. The third kappa shape index (κ3) is 5.60. The van der Waals surface area contributed by atoms with Crippen molar-refractivity contribution in [2.24, 2.45) is 4.99 Å². The van der Waals surface area contributed by atoms with Gasteiger partial charge in [0.2, 0.25) is 0 Å². The number of halogens is 1. The minimum atomic E-state index is -0.0293. The quantitative estimate of drug-likeness (QED) is 0.399. The van der Waals surface area contributed by atoms with Crippen LogP contribution in [0.25, 0.3) is 0 Å². The van der Waals surface area contributed by atoms with Crippen LogP contribution in [-0.2, 0) is 0 Å². The number of carbonyl (C=O) groups is 1. The molecule has 2 aliphatic rings. The van der Waals surface area contributed by atoms with Crippen molar-refractivity contribution in [3.8, 4) is 0 Å². The van der Waals surface area contributed by atoms with Crippen molar-refractivity contribution in [3.63, 3.8) is 0 Å². The molecule has 1 atom stereocenters. The van der Waals surface area contributed by atoms with E-state index >= 15 is 0 Å². The first-order chi connectivity index (χ1) is 12.7. The van der Waals surface area contributed by atoms with Crippen molar-refractivity contribution in [1.82, 2.24) is 20.0 Å². The molecule has 3 heterocycles. The predicted molar refractivity (Wildman–Crippen MR) is 118 cm³/mol. The van der Waals surface area contributed by atoms with Crippen LogP contribution in [0.4, 0.5) is 0 Å². The fourth-order valence-corrected chi connectivity index (χ4v) is 3.93. The lowest BCUT2D eigenvalue weighted by Gasteiger charge is -2.38. The van der Waals surface area contributed by atoms with Crippen LogP contribution >= 0.6 is 24.0 Å². The average Bonchev–Trinajstić information content (AvgIpc) is 3.23. The molecular formula is C19H32IN5O2. The number of nitrogens with one attached hydrogen (secondary N) is 1. The summed E-state index contributed by atoms with van der Waals surface area (Å²) < 4.78 is 5.22. The molecule has 8 heteroatoms. The van der Waals surface area contributed by atoms with Gasteiger partial charge in [-0.3, -0.25) is 14.7 Å². The molecule has 1 unspecified atom stereocenters. The van der Waals surface area contributed by atoms with Gasteiger partial charge in [0.05, 0.1) is 6.26 Å². The van der Waals surface area contributed by atoms with Crippen LogP contribution in [0.1, 0.15) is 36.7 Å². The highest BCUT2D eigenvalue weighted by Crippen LogP contribution is 2.16. The van der Waals surface area contributed by atoms with Gasteiger partial charge in [0.25, 0.3) is 5.91 Å². The summed E-state index contributed by atoms with van der Waals surface area (Å²) in [5, 5.41) is 3.56. The van der Waals surface area contributed by atoms with Gasteiger partial charge in [0.1, 0.15) is 0 Å². The Hall–Kier alpha value is -1.29. The fourth-order valence-electron chi connectivity index (χ4n) is 3.93. The lowest BCUT2D eigenvalue weighted by Crippen LogP contribution is -2.55. The summed E-state index contributed by atoms with van der Waals surface area (Å²) in [6.07, 6.45) is 5.42. The van der Waals surface area contributed by atoms with Crippen LogP contribution in [0.3, 0.4) is 0 Å². The summed E-state index contributed by atoms with van der Waals surface area (Å²) >= 11 is 0. The Bertz CT molecular complexity index is 599. The Kier molecular flexibility index (Phi) is 8.88. The molecule has 1 amide bonds. The number of aliphatic imine (C=N–C) groups is 1. The summed E-state index contributed by atoms with van der Waals surface area (Å²) in [4.78, 5) is 23.5. The van der Waals surface area contributed by atoms with Crippen molar-refractivity contribution in [2.45, 2.75) is 32.2 Å². The summed E-state index contributed by atoms with van der Waals surface area (Å²) in [7, 11) is 1.83. The van der Waals surface area contributed by atoms with Gasteiger partial charge in [-0.05, 0) is 38.1 Å². The Morgan fingerprint density at radius 2 is 1.96 bits per heavy atom. The average molecular weight is 489 g/mol. The van der Waals surface area contributed by atoms with E-state index in [1.54, 1.807) is 18.4 Å². The number of rotatable bonds is 4. The highest BCUT2D eigenvalue weighted by molar-refractivity contribution is 14.0. The molecule has 0 bridgehead atoms. The van der Waals surface area contributed by atoms with E-state index in [1.165, 1.54) is 25.8 Å². The van der Waals surface area contributed by atoms with Gasteiger partial charge >= 0.3 is 0 Å². The molecule has 152 valence electrons. The largest absolute Gasteiger partial charge is 0.459 e. The molecule has 0 radical (unpaired) electrons. The minimum Gasteiger partial charge on any atom is -0.459 e. The van der Waals surface area contributed by atoms with E-state index in [-0.39, 0.29) is 29.9 Å². The van der Waals surface area contributed by atoms with Crippen LogP contribution in [0.15, 0.2) is 27.8 Å². The number of piperidine rings is 1. The smallest absolute Gasteiger partial charge is 0.289 e. The Balaban J connectivity index is 0.00000261. The maximum Gasteiger partial charge on any atom is 0.289 e. The number of guanidine groups is 1. The van der Waals surface area contributed by atoms with Crippen molar-refractivity contribution in [3.05, 3.63) is 24.2 Å². The third-order valence-corrected chi connectivity index (χ3v) is 5.46. The number of carbonyl (C=O) groups excluding carboxylic acids is 1. The highest BCUT2D eigenvalue weighted by atomic mass is 127.